The number of nitrogens with one attached hydrogen (secondary N) is 1. The monoisotopic (exact) mass is 286 g/mol. The molecule has 0 saturated carbocycles. The van der Waals surface area contributed by atoms with Crippen LogP contribution in [0.3, 0.4) is 0 Å². The van der Waals surface area contributed by atoms with Gasteiger partial charge in [0.25, 0.3) is 5.69 Å². The summed E-state index contributed by atoms with van der Waals surface area (Å²) >= 11 is 5.54. The number of nitro groups is 1. The Morgan fingerprint density at radius 2 is 2.06 bits per heavy atom. The van der Waals surface area contributed by atoms with Crippen molar-refractivity contribution in [3.8, 4) is 0 Å². The summed E-state index contributed by atoms with van der Waals surface area (Å²) in [5.41, 5.74) is -0.864. The van der Waals surface area contributed by atoms with Crippen molar-refractivity contribution in [2.24, 2.45) is 0 Å². The molecule has 0 unspecified atom stereocenters. The fourth-order valence-electron chi connectivity index (χ4n) is 1.10. The molecule has 18 heavy (non-hydrogen) atoms. The lowest BCUT2D eigenvalue weighted by molar-refractivity contribution is -0.384. The summed E-state index contributed by atoms with van der Waals surface area (Å²) in [5.74, 6) is -4.28. The Morgan fingerprint density at radius 3 is 2.56 bits per heavy atom. The van der Waals surface area contributed by atoms with Gasteiger partial charge in [0.05, 0.1) is 11.5 Å². The van der Waals surface area contributed by atoms with Gasteiger partial charge in [0.1, 0.15) is 5.69 Å². The molecule has 0 aliphatic rings. The largest absolute Gasteiger partial charge is 0.373 e. The fourth-order valence-corrected chi connectivity index (χ4v) is 1.27. The van der Waals surface area contributed by atoms with Crippen LogP contribution in [0.5, 0.6) is 0 Å². The van der Waals surface area contributed by atoms with Gasteiger partial charge < -0.3 is 5.32 Å². The van der Waals surface area contributed by atoms with Gasteiger partial charge in [-0.05, 0) is 12.1 Å². The van der Waals surface area contributed by atoms with E-state index in [-0.39, 0.29) is 10.7 Å². The van der Waals surface area contributed by atoms with Crippen LogP contribution in [0.4, 0.5) is 28.9 Å². The van der Waals surface area contributed by atoms with Gasteiger partial charge in [0, 0.05) is 11.1 Å². The maximum absolute atomic E-state index is 12.7. The van der Waals surface area contributed by atoms with Crippen LogP contribution in [0.2, 0.25) is 5.02 Å². The Hall–Kier alpha value is -1.57. The van der Waals surface area contributed by atoms with Crippen molar-refractivity contribution in [2.45, 2.75) is 12.3 Å². The molecule has 1 N–H and O–H groups in total. The molecule has 0 aliphatic carbocycles. The van der Waals surface area contributed by atoms with E-state index in [0.29, 0.717) is 0 Å². The molecule has 0 atom stereocenters. The van der Waals surface area contributed by atoms with Gasteiger partial charge >= 0.3 is 12.3 Å². The minimum absolute atomic E-state index is 0.0588. The summed E-state index contributed by atoms with van der Waals surface area (Å²) in [7, 11) is 0. The Bertz CT molecular complexity index is 456. The summed E-state index contributed by atoms with van der Waals surface area (Å²) in [6.45, 7) is -1.42. The highest BCUT2D eigenvalue weighted by Crippen LogP contribution is 2.30. The fraction of sp³-hybridized carbons (Fsp3) is 0.333. The molecule has 0 bridgehead atoms. The van der Waals surface area contributed by atoms with E-state index in [1.807, 2.05) is 5.32 Å². The standard InChI is InChI=1S/C9H7ClF4N2O2/c10-5-1-2-7(16(17)18)6(3-5)15-4-9(13,14)8(11)12/h1-3,8,15H,4H2. The molecule has 1 aromatic carbocycles. The van der Waals surface area contributed by atoms with Crippen LogP contribution in [0, 0.1) is 10.1 Å². The van der Waals surface area contributed by atoms with Crippen LogP contribution >= 0.6 is 11.6 Å². The smallest absolute Gasteiger partial charge is 0.324 e. The second kappa shape index (κ2) is 5.38. The van der Waals surface area contributed by atoms with Crippen molar-refractivity contribution in [3.05, 3.63) is 33.3 Å². The molecule has 0 aromatic heterocycles. The highest BCUT2D eigenvalue weighted by atomic mass is 35.5. The van der Waals surface area contributed by atoms with Crippen molar-refractivity contribution in [1.29, 1.82) is 0 Å². The van der Waals surface area contributed by atoms with Crippen LogP contribution in [0.15, 0.2) is 18.2 Å². The van der Waals surface area contributed by atoms with Gasteiger partial charge in [-0.3, -0.25) is 10.1 Å². The van der Waals surface area contributed by atoms with E-state index in [1.54, 1.807) is 0 Å². The van der Waals surface area contributed by atoms with Gasteiger partial charge in [-0.2, -0.15) is 8.78 Å². The molecule has 0 fully saturated rings. The van der Waals surface area contributed by atoms with Crippen molar-refractivity contribution in [2.75, 3.05) is 11.9 Å². The maximum Gasteiger partial charge on any atom is 0.324 e. The minimum Gasteiger partial charge on any atom is -0.373 e. The molecule has 0 heterocycles. The third-order valence-corrected chi connectivity index (χ3v) is 2.22. The number of nitro benzene ring substituents is 1. The lowest BCUT2D eigenvalue weighted by Crippen LogP contribution is -2.34. The molecule has 9 heteroatoms. The summed E-state index contributed by atoms with van der Waals surface area (Å²) in [6, 6.07) is 3.20. The number of hydrogen-bond donors (Lipinski definition) is 1. The van der Waals surface area contributed by atoms with Gasteiger partial charge in [-0.1, -0.05) is 11.6 Å². The Morgan fingerprint density at radius 1 is 1.44 bits per heavy atom. The minimum atomic E-state index is -4.28. The van der Waals surface area contributed by atoms with Gasteiger partial charge in [-0.25, -0.2) is 8.78 Å². The number of anilines is 1. The van der Waals surface area contributed by atoms with Crippen molar-refractivity contribution in [1.82, 2.24) is 0 Å². The van der Waals surface area contributed by atoms with Crippen LogP contribution in [0.1, 0.15) is 0 Å². The average molecular weight is 287 g/mol. The van der Waals surface area contributed by atoms with E-state index in [4.69, 9.17) is 11.6 Å². The van der Waals surface area contributed by atoms with E-state index < -0.39 is 29.5 Å². The van der Waals surface area contributed by atoms with Crippen molar-refractivity contribution >= 4 is 23.0 Å². The van der Waals surface area contributed by atoms with E-state index >= 15 is 0 Å². The molecule has 1 rings (SSSR count). The molecule has 0 spiro atoms. The second-order valence-corrected chi connectivity index (χ2v) is 3.77. The van der Waals surface area contributed by atoms with E-state index in [1.165, 1.54) is 6.07 Å². The first-order valence-electron chi connectivity index (χ1n) is 4.58. The first-order chi connectivity index (χ1) is 8.24. The molecule has 0 radical (unpaired) electrons. The Kier molecular flexibility index (Phi) is 4.33. The predicted molar refractivity (Wildman–Crippen MR) is 57.5 cm³/mol. The van der Waals surface area contributed by atoms with E-state index in [2.05, 4.69) is 0 Å². The van der Waals surface area contributed by atoms with Crippen LogP contribution in [-0.2, 0) is 0 Å². The van der Waals surface area contributed by atoms with Crippen LogP contribution < -0.4 is 5.32 Å². The zero-order chi connectivity index (χ0) is 13.9. The maximum atomic E-state index is 12.7. The number of rotatable bonds is 5. The number of halogens is 5. The van der Waals surface area contributed by atoms with Gasteiger partial charge in [0.2, 0.25) is 0 Å². The van der Waals surface area contributed by atoms with Crippen LogP contribution in [-0.4, -0.2) is 23.8 Å². The average Bonchev–Trinajstić information content (AvgIpc) is 2.26. The molecular weight excluding hydrogens is 280 g/mol. The van der Waals surface area contributed by atoms with Crippen LogP contribution in [0.25, 0.3) is 0 Å². The lowest BCUT2D eigenvalue weighted by atomic mass is 10.2. The third kappa shape index (κ3) is 3.46. The lowest BCUT2D eigenvalue weighted by Gasteiger charge is -2.16. The first-order valence-corrected chi connectivity index (χ1v) is 4.95. The SMILES string of the molecule is O=[N+]([O-])c1ccc(Cl)cc1NCC(F)(F)C(F)F. The van der Waals surface area contributed by atoms with E-state index in [9.17, 15) is 27.7 Å². The summed E-state index contributed by atoms with van der Waals surface area (Å²) < 4.78 is 49.1. The molecule has 0 amide bonds. The number of hydrogen-bond acceptors (Lipinski definition) is 3. The number of nitrogens with zero attached hydrogens (tertiary/aromatic N) is 1. The Labute approximate surface area is 104 Å². The number of alkyl halides is 4. The van der Waals surface area contributed by atoms with Gasteiger partial charge in [0.15, 0.2) is 0 Å². The quantitative estimate of drug-likeness (QED) is 0.511. The zero-order valence-corrected chi connectivity index (χ0v) is 9.43. The van der Waals surface area contributed by atoms with Crippen molar-refractivity contribution in [3.63, 3.8) is 0 Å². The van der Waals surface area contributed by atoms with Crippen molar-refractivity contribution < 1.29 is 22.5 Å². The summed E-state index contributed by atoms with van der Waals surface area (Å²) in [6.07, 6.45) is -3.86. The van der Waals surface area contributed by atoms with Gasteiger partial charge in [-0.15, -0.1) is 0 Å². The number of benzene rings is 1. The molecule has 4 nitrogen and oxygen atoms in total. The third-order valence-electron chi connectivity index (χ3n) is 1.99. The normalized spacial score (nSPS) is 11.7. The predicted octanol–water partition coefficient (Wildman–Crippen LogP) is 3.56. The molecule has 100 valence electrons. The highest BCUT2D eigenvalue weighted by Gasteiger charge is 2.40. The first kappa shape index (κ1) is 14.5. The molecule has 0 saturated heterocycles. The molecule has 0 aliphatic heterocycles. The molecule has 1 aromatic rings. The highest BCUT2D eigenvalue weighted by molar-refractivity contribution is 6.31. The molecular formula is C9H7ClF4N2O2. The second-order valence-electron chi connectivity index (χ2n) is 3.33. The Balaban J connectivity index is 2.90. The summed E-state index contributed by atoms with van der Waals surface area (Å²) in [4.78, 5) is 9.74. The zero-order valence-electron chi connectivity index (χ0n) is 8.67. The van der Waals surface area contributed by atoms with E-state index in [0.717, 1.165) is 12.1 Å². The summed E-state index contributed by atoms with van der Waals surface area (Å²) in [5, 5.41) is 12.5. The topological polar surface area (TPSA) is 55.2 Å².